The number of hydrogen-bond donors (Lipinski definition) is 0. The molecule has 0 atom stereocenters. The molecule has 2 rings (SSSR count). The fraction of sp³-hybridized carbons (Fsp3) is 0.600. The molecule has 0 amide bonds. The molecule has 0 spiro atoms. The molecule has 0 N–H and O–H groups in total. The number of unbranched alkanes of at least 4 members (excludes halogenated alkanes) is 2. The van der Waals surface area contributed by atoms with E-state index in [-0.39, 0.29) is 7.11 Å². The minimum absolute atomic E-state index is 0. The zero-order chi connectivity index (χ0) is 14.2. The van der Waals surface area contributed by atoms with Crippen LogP contribution in [0.15, 0.2) is 24.3 Å². The Hall–Kier alpha value is -1.62. The fourth-order valence-corrected chi connectivity index (χ4v) is 2.47. The van der Waals surface area contributed by atoms with E-state index >= 15 is 0 Å². The van der Waals surface area contributed by atoms with Crippen molar-refractivity contribution in [3.8, 4) is 5.75 Å². The SMILES string of the molecule is O=[N+]([O-])c1ccc(OCCCCCN2CCCC2)cc1.[H+]. The van der Waals surface area contributed by atoms with E-state index in [2.05, 4.69) is 4.90 Å². The van der Waals surface area contributed by atoms with Crippen LogP contribution >= 0.6 is 0 Å². The highest BCUT2D eigenvalue weighted by molar-refractivity contribution is 5.35. The van der Waals surface area contributed by atoms with Gasteiger partial charge in [0.15, 0.2) is 0 Å². The minimum atomic E-state index is -0.401. The number of likely N-dealkylation sites (tertiary alicyclic amines) is 1. The van der Waals surface area contributed by atoms with E-state index in [9.17, 15) is 10.1 Å². The molecule has 0 aliphatic carbocycles. The van der Waals surface area contributed by atoms with Gasteiger partial charge < -0.3 is 9.64 Å². The van der Waals surface area contributed by atoms with Gasteiger partial charge in [0, 0.05) is 12.1 Å². The summed E-state index contributed by atoms with van der Waals surface area (Å²) in [6, 6.07) is 6.26. The summed E-state index contributed by atoms with van der Waals surface area (Å²) in [5, 5.41) is 10.5. The second-order valence-corrected chi connectivity index (χ2v) is 5.21. The van der Waals surface area contributed by atoms with Gasteiger partial charge in [-0.15, -0.1) is 0 Å². The number of benzene rings is 1. The summed E-state index contributed by atoms with van der Waals surface area (Å²) < 4.78 is 5.58. The Morgan fingerprint density at radius 2 is 1.85 bits per heavy atom. The van der Waals surface area contributed by atoms with Gasteiger partial charge in [0.25, 0.3) is 5.69 Å². The van der Waals surface area contributed by atoms with Crippen molar-refractivity contribution in [1.29, 1.82) is 0 Å². The standard InChI is InChI=1S/C15H22N2O3/c18-17(19)14-6-8-15(9-7-14)20-13-5-1-2-10-16-11-3-4-12-16/h6-9H,1-5,10-13H2/p+1. The lowest BCUT2D eigenvalue weighted by Gasteiger charge is -2.13. The van der Waals surface area contributed by atoms with Crippen LogP contribution in [0.2, 0.25) is 0 Å². The summed E-state index contributed by atoms with van der Waals surface area (Å²) in [5.74, 6) is 0.704. The van der Waals surface area contributed by atoms with Crippen LogP contribution in [0.5, 0.6) is 5.75 Å². The maximum atomic E-state index is 10.5. The lowest BCUT2D eigenvalue weighted by Crippen LogP contribution is -2.20. The van der Waals surface area contributed by atoms with Gasteiger partial charge in [-0.05, 0) is 63.9 Å². The molecule has 5 heteroatoms. The van der Waals surface area contributed by atoms with Crippen molar-refractivity contribution in [3.63, 3.8) is 0 Å². The van der Waals surface area contributed by atoms with Crippen molar-refractivity contribution >= 4 is 5.69 Å². The number of hydrogen-bond acceptors (Lipinski definition) is 4. The monoisotopic (exact) mass is 279 g/mol. The molecule has 1 fully saturated rings. The molecular weight excluding hydrogens is 256 g/mol. The number of rotatable bonds is 8. The van der Waals surface area contributed by atoms with Gasteiger partial charge in [-0.25, -0.2) is 0 Å². The summed E-state index contributed by atoms with van der Waals surface area (Å²) in [4.78, 5) is 12.6. The quantitative estimate of drug-likeness (QED) is 0.416. The normalized spacial score (nSPS) is 15.4. The molecule has 1 aliphatic heterocycles. The molecule has 0 unspecified atom stereocenters. The fourth-order valence-electron chi connectivity index (χ4n) is 2.47. The molecule has 0 saturated carbocycles. The van der Waals surface area contributed by atoms with Crippen molar-refractivity contribution < 1.29 is 11.1 Å². The maximum absolute atomic E-state index is 10.5. The van der Waals surface area contributed by atoms with E-state index in [1.165, 1.54) is 57.5 Å². The molecule has 5 nitrogen and oxygen atoms in total. The van der Waals surface area contributed by atoms with E-state index in [4.69, 9.17) is 4.74 Å². The molecular formula is C15H23N2O3+. The summed E-state index contributed by atoms with van der Waals surface area (Å²) in [6.45, 7) is 4.41. The molecule has 0 bridgehead atoms. The Labute approximate surface area is 121 Å². The lowest BCUT2D eigenvalue weighted by atomic mass is 10.2. The molecule has 0 aromatic heterocycles. The molecule has 1 aromatic rings. The third-order valence-corrected chi connectivity index (χ3v) is 3.63. The van der Waals surface area contributed by atoms with Gasteiger partial charge in [-0.3, -0.25) is 10.1 Å². The van der Waals surface area contributed by atoms with E-state index in [1.807, 2.05) is 0 Å². The summed E-state index contributed by atoms with van der Waals surface area (Å²) >= 11 is 0. The molecule has 1 heterocycles. The number of non-ortho nitro benzene ring substituents is 1. The van der Waals surface area contributed by atoms with Gasteiger partial charge in [0.05, 0.1) is 11.5 Å². The zero-order valence-corrected chi connectivity index (χ0v) is 11.8. The van der Waals surface area contributed by atoms with Crippen molar-refractivity contribution in [2.24, 2.45) is 0 Å². The van der Waals surface area contributed by atoms with Crippen molar-refractivity contribution in [1.82, 2.24) is 4.90 Å². The van der Waals surface area contributed by atoms with Crippen LogP contribution in [-0.4, -0.2) is 36.1 Å². The van der Waals surface area contributed by atoms with E-state index in [0.29, 0.717) is 12.4 Å². The second-order valence-electron chi connectivity index (χ2n) is 5.21. The number of ether oxygens (including phenoxy) is 1. The second kappa shape index (κ2) is 7.85. The summed E-state index contributed by atoms with van der Waals surface area (Å²) in [5.41, 5.74) is 0.1000. The number of nitrogens with zero attached hydrogens (tertiary/aromatic N) is 2. The van der Waals surface area contributed by atoms with E-state index < -0.39 is 4.92 Å². The van der Waals surface area contributed by atoms with Crippen molar-refractivity contribution in [3.05, 3.63) is 34.4 Å². The summed E-state index contributed by atoms with van der Waals surface area (Å²) in [6.07, 6.45) is 6.13. The molecule has 1 aromatic carbocycles. The minimum Gasteiger partial charge on any atom is -0.494 e. The highest BCUT2D eigenvalue weighted by Crippen LogP contribution is 2.17. The molecule has 0 radical (unpaired) electrons. The average Bonchev–Trinajstić information content (AvgIpc) is 2.96. The average molecular weight is 279 g/mol. The molecule has 1 aliphatic rings. The van der Waals surface area contributed by atoms with Crippen LogP contribution in [0.25, 0.3) is 0 Å². The van der Waals surface area contributed by atoms with Gasteiger partial charge in [-0.1, -0.05) is 0 Å². The summed E-state index contributed by atoms with van der Waals surface area (Å²) in [7, 11) is 0. The van der Waals surface area contributed by atoms with Gasteiger partial charge in [0.1, 0.15) is 5.75 Å². The van der Waals surface area contributed by atoms with Crippen LogP contribution in [0.1, 0.15) is 33.5 Å². The Kier molecular flexibility index (Phi) is 5.80. The Morgan fingerprint density at radius 3 is 2.50 bits per heavy atom. The number of nitro benzene ring substituents is 1. The van der Waals surface area contributed by atoms with Crippen LogP contribution in [0.4, 0.5) is 5.69 Å². The van der Waals surface area contributed by atoms with Crippen LogP contribution < -0.4 is 4.74 Å². The van der Waals surface area contributed by atoms with Gasteiger partial charge >= 0.3 is 1.43 Å². The van der Waals surface area contributed by atoms with Crippen LogP contribution in [0, 0.1) is 10.1 Å². The zero-order valence-electron chi connectivity index (χ0n) is 12.8. The Bertz CT molecular complexity index is 419. The Balaban J connectivity index is 0.00000220. The predicted molar refractivity (Wildman–Crippen MR) is 79.2 cm³/mol. The molecule has 20 heavy (non-hydrogen) atoms. The van der Waals surface area contributed by atoms with Gasteiger partial charge in [-0.2, -0.15) is 0 Å². The first-order chi connectivity index (χ1) is 9.75. The van der Waals surface area contributed by atoms with Gasteiger partial charge in [0.2, 0.25) is 0 Å². The number of nitro groups is 1. The third-order valence-electron chi connectivity index (χ3n) is 3.63. The topological polar surface area (TPSA) is 55.6 Å². The first kappa shape index (κ1) is 14.8. The Morgan fingerprint density at radius 1 is 1.15 bits per heavy atom. The lowest BCUT2D eigenvalue weighted by molar-refractivity contribution is -0.384. The first-order valence-electron chi connectivity index (χ1n) is 7.35. The smallest absolute Gasteiger partial charge is 0.494 e. The highest BCUT2D eigenvalue weighted by Gasteiger charge is 2.10. The van der Waals surface area contributed by atoms with Crippen molar-refractivity contribution in [2.75, 3.05) is 26.2 Å². The first-order valence-corrected chi connectivity index (χ1v) is 7.35. The highest BCUT2D eigenvalue weighted by atomic mass is 16.6. The molecule has 1 saturated heterocycles. The van der Waals surface area contributed by atoms with E-state index in [0.717, 1.165) is 6.42 Å². The predicted octanol–water partition coefficient (Wildman–Crippen LogP) is 3.35. The third kappa shape index (κ3) is 4.81. The van der Waals surface area contributed by atoms with E-state index in [1.54, 1.807) is 12.1 Å². The molecule has 110 valence electrons. The van der Waals surface area contributed by atoms with Crippen molar-refractivity contribution in [2.45, 2.75) is 32.1 Å². The largest absolute Gasteiger partial charge is 1.00 e. The van der Waals surface area contributed by atoms with Crippen LogP contribution in [-0.2, 0) is 0 Å². The maximum Gasteiger partial charge on any atom is 1.00 e. The van der Waals surface area contributed by atoms with Crippen LogP contribution in [0.3, 0.4) is 0 Å².